The minimum Gasteiger partial charge on any atom is -0.393 e. The van der Waals surface area contributed by atoms with E-state index in [9.17, 15) is 9.90 Å². The van der Waals surface area contributed by atoms with Crippen molar-refractivity contribution >= 4 is 16.9 Å². The van der Waals surface area contributed by atoms with Gasteiger partial charge in [0.1, 0.15) is 5.82 Å². The van der Waals surface area contributed by atoms with Crippen molar-refractivity contribution < 1.29 is 14.6 Å². The van der Waals surface area contributed by atoms with Crippen molar-refractivity contribution in [3.8, 4) is 0 Å². The van der Waals surface area contributed by atoms with Gasteiger partial charge in [0.25, 0.3) is 5.91 Å². The average molecular weight is 371 g/mol. The first kappa shape index (κ1) is 18.4. The van der Waals surface area contributed by atoms with Crippen LogP contribution in [-0.2, 0) is 4.74 Å². The van der Waals surface area contributed by atoms with E-state index in [1.54, 1.807) is 0 Å². The second kappa shape index (κ2) is 6.91. The molecule has 1 amide bonds. The molecule has 0 aliphatic carbocycles. The highest BCUT2D eigenvalue weighted by Crippen LogP contribution is 2.39. The van der Waals surface area contributed by atoms with Crippen LogP contribution >= 0.6 is 0 Å². The van der Waals surface area contributed by atoms with E-state index in [-0.39, 0.29) is 23.7 Å². The summed E-state index contributed by atoms with van der Waals surface area (Å²) >= 11 is 0. The molecule has 6 heteroatoms. The number of nitrogens with zero attached hydrogens (tertiary/aromatic N) is 2. The number of H-pyrrole nitrogens is 1. The van der Waals surface area contributed by atoms with Crippen molar-refractivity contribution in [2.45, 2.75) is 64.3 Å². The number of rotatable bonds is 2. The van der Waals surface area contributed by atoms with Crippen LogP contribution in [-0.4, -0.2) is 56.8 Å². The standard InChI is InChI=1S/C21H29N3O3/c1-13(2)19-11-16(25)12-21(27-19)6-8-24(9-7-21)20(26)15-4-5-17-18(10-15)23-14(3)22-17/h4-5,10,13,16,19,25H,6-9,11-12H2,1-3H3,(H,22,23)/t16-,19-/m1/s1. The number of likely N-dealkylation sites (tertiary alicyclic amines) is 1. The first-order valence-corrected chi connectivity index (χ1v) is 9.97. The molecule has 146 valence electrons. The Morgan fingerprint density at radius 2 is 2.11 bits per heavy atom. The number of piperidine rings is 1. The lowest BCUT2D eigenvalue weighted by Gasteiger charge is -2.48. The average Bonchev–Trinajstić information content (AvgIpc) is 3.00. The predicted octanol–water partition coefficient (Wildman–Crippen LogP) is 3.04. The lowest BCUT2D eigenvalue weighted by Crippen LogP contribution is -2.54. The van der Waals surface area contributed by atoms with Gasteiger partial charge in [-0.3, -0.25) is 4.79 Å². The number of fused-ring (bicyclic) bond motifs is 1. The molecule has 2 N–H and O–H groups in total. The van der Waals surface area contributed by atoms with Gasteiger partial charge in [-0.15, -0.1) is 0 Å². The third kappa shape index (κ3) is 3.60. The Labute approximate surface area is 159 Å². The molecule has 2 aliphatic rings. The predicted molar refractivity (Wildman–Crippen MR) is 104 cm³/mol. The Morgan fingerprint density at radius 1 is 1.37 bits per heavy atom. The fraction of sp³-hybridized carbons (Fsp3) is 0.619. The maximum absolute atomic E-state index is 13.0. The van der Waals surface area contributed by atoms with Crippen LogP contribution in [0.4, 0.5) is 0 Å². The van der Waals surface area contributed by atoms with Gasteiger partial charge in [-0.05, 0) is 50.3 Å². The van der Waals surface area contributed by atoms with Gasteiger partial charge < -0.3 is 19.7 Å². The van der Waals surface area contributed by atoms with Gasteiger partial charge in [-0.1, -0.05) is 13.8 Å². The van der Waals surface area contributed by atoms with E-state index in [1.807, 2.05) is 30.0 Å². The number of aliphatic hydroxyl groups is 1. The third-order valence-electron chi connectivity index (χ3n) is 6.07. The van der Waals surface area contributed by atoms with Crippen molar-refractivity contribution in [3.05, 3.63) is 29.6 Å². The highest BCUT2D eigenvalue weighted by molar-refractivity contribution is 5.97. The number of hydrogen-bond donors (Lipinski definition) is 2. The van der Waals surface area contributed by atoms with Crippen molar-refractivity contribution in [2.24, 2.45) is 5.92 Å². The quantitative estimate of drug-likeness (QED) is 0.850. The zero-order valence-corrected chi connectivity index (χ0v) is 16.4. The molecule has 0 saturated carbocycles. The minimum atomic E-state index is -0.306. The number of ether oxygens (including phenoxy) is 1. The van der Waals surface area contributed by atoms with E-state index < -0.39 is 0 Å². The lowest BCUT2D eigenvalue weighted by molar-refractivity contribution is -0.190. The van der Waals surface area contributed by atoms with Crippen molar-refractivity contribution in [3.63, 3.8) is 0 Å². The molecule has 1 spiro atoms. The number of carbonyl (C=O) groups is 1. The SMILES string of the molecule is Cc1nc2ccc(C(=O)N3CCC4(CC3)C[C@H](O)C[C@H](C(C)C)O4)cc2[nH]1. The summed E-state index contributed by atoms with van der Waals surface area (Å²) in [7, 11) is 0. The topological polar surface area (TPSA) is 78.5 Å². The molecule has 3 heterocycles. The van der Waals surface area contributed by atoms with Gasteiger partial charge in [0.15, 0.2) is 0 Å². The molecule has 0 unspecified atom stereocenters. The fourth-order valence-corrected chi connectivity index (χ4v) is 4.50. The zero-order chi connectivity index (χ0) is 19.2. The second-order valence-corrected chi connectivity index (χ2v) is 8.52. The number of aromatic amines is 1. The van der Waals surface area contributed by atoms with E-state index in [0.29, 0.717) is 37.4 Å². The van der Waals surface area contributed by atoms with Crippen LogP contribution in [0.1, 0.15) is 55.7 Å². The van der Waals surface area contributed by atoms with Gasteiger partial charge in [-0.2, -0.15) is 0 Å². The third-order valence-corrected chi connectivity index (χ3v) is 6.07. The first-order chi connectivity index (χ1) is 12.8. The van der Waals surface area contributed by atoms with Crippen LogP contribution < -0.4 is 0 Å². The molecular formula is C21H29N3O3. The summed E-state index contributed by atoms with van der Waals surface area (Å²) in [5.74, 6) is 1.29. The van der Waals surface area contributed by atoms with Gasteiger partial charge in [0, 0.05) is 25.1 Å². The van der Waals surface area contributed by atoms with Crippen molar-refractivity contribution in [1.29, 1.82) is 0 Å². The van der Waals surface area contributed by atoms with Crippen LogP contribution in [0.15, 0.2) is 18.2 Å². The summed E-state index contributed by atoms with van der Waals surface area (Å²) in [6, 6.07) is 5.63. The monoisotopic (exact) mass is 371 g/mol. The number of aryl methyl sites for hydroxylation is 1. The Kier molecular flexibility index (Phi) is 4.72. The van der Waals surface area contributed by atoms with Crippen molar-refractivity contribution in [2.75, 3.05) is 13.1 Å². The van der Waals surface area contributed by atoms with E-state index in [2.05, 4.69) is 23.8 Å². The first-order valence-electron chi connectivity index (χ1n) is 9.97. The summed E-state index contributed by atoms with van der Waals surface area (Å²) in [6.07, 6.45) is 2.75. The highest BCUT2D eigenvalue weighted by Gasteiger charge is 2.44. The maximum Gasteiger partial charge on any atom is 0.253 e. The fourth-order valence-electron chi connectivity index (χ4n) is 4.50. The molecule has 0 bridgehead atoms. The summed E-state index contributed by atoms with van der Waals surface area (Å²) in [5.41, 5.74) is 2.18. The minimum absolute atomic E-state index is 0.0516. The molecular weight excluding hydrogens is 342 g/mol. The van der Waals surface area contributed by atoms with Crippen LogP contribution in [0.2, 0.25) is 0 Å². The molecule has 27 heavy (non-hydrogen) atoms. The molecule has 2 aromatic rings. The van der Waals surface area contributed by atoms with E-state index in [4.69, 9.17) is 4.74 Å². The maximum atomic E-state index is 13.0. The Hall–Kier alpha value is -1.92. The summed E-state index contributed by atoms with van der Waals surface area (Å²) in [5, 5.41) is 10.3. The van der Waals surface area contributed by atoms with Crippen molar-refractivity contribution in [1.82, 2.24) is 14.9 Å². The Morgan fingerprint density at radius 3 is 2.81 bits per heavy atom. The van der Waals surface area contributed by atoms with Gasteiger partial charge in [0.05, 0.1) is 28.8 Å². The summed E-state index contributed by atoms with van der Waals surface area (Å²) in [6.45, 7) is 7.52. The molecule has 6 nitrogen and oxygen atoms in total. The summed E-state index contributed by atoms with van der Waals surface area (Å²) in [4.78, 5) is 22.5. The number of imidazole rings is 1. The van der Waals surface area contributed by atoms with Crippen LogP contribution in [0, 0.1) is 12.8 Å². The number of aromatic nitrogens is 2. The molecule has 1 aromatic heterocycles. The number of aliphatic hydroxyl groups excluding tert-OH is 1. The molecule has 2 aliphatic heterocycles. The van der Waals surface area contributed by atoms with Crippen LogP contribution in [0.5, 0.6) is 0 Å². The highest BCUT2D eigenvalue weighted by atomic mass is 16.5. The number of carbonyl (C=O) groups excluding carboxylic acids is 1. The second-order valence-electron chi connectivity index (χ2n) is 8.52. The van der Waals surface area contributed by atoms with Crippen LogP contribution in [0.3, 0.4) is 0 Å². The molecule has 1 aromatic carbocycles. The van der Waals surface area contributed by atoms with E-state index in [0.717, 1.165) is 29.7 Å². The van der Waals surface area contributed by atoms with E-state index in [1.165, 1.54) is 0 Å². The normalized spacial score (nSPS) is 25.4. The largest absolute Gasteiger partial charge is 0.393 e. The lowest BCUT2D eigenvalue weighted by atomic mass is 9.80. The molecule has 4 rings (SSSR count). The number of amides is 1. The zero-order valence-electron chi connectivity index (χ0n) is 16.4. The Balaban J connectivity index is 1.45. The van der Waals surface area contributed by atoms with Crippen LogP contribution in [0.25, 0.3) is 11.0 Å². The van der Waals surface area contributed by atoms with E-state index >= 15 is 0 Å². The molecule has 2 saturated heterocycles. The van der Waals surface area contributed by atoms with Gasteiger partial charge in [-0.25, -0.2) is 4.98 Å². The number of nitrogens with one attached hydrogen (secondary N) is 1. The molecule has 2 atom stereocenters. The van der Waals surface area contributed by atoms with Gasteiger partial charge in [0.2, 0.25) is 0 Å². The Bertz CT molecular complexity index is 836. The smallest absolute Gasteiger partial charge is 0.253 e. The number of hydrogen-bond acceptors (Lipinski definition) is 4. The summed E-state index contributed by atoms with van der Waals surface area (Å²) < 4.78 is 6.43. The van der Waals surface area contributed by atoms with Gasteiger partial charge >= 0.3 is 0 Å². The molecule has 0 radical (unpaired) electrons. The number of benzene rings is 1. The molecule has 2 fully saturated rings.